The fourth-order valence-corrected chi connectivity index (χ4v) is 3.55. The standard InChI is InChI=1S/C16H17NO5/c1-10-4-2-3-5-11(10)6-12(18)17-8-15(13(19)20)7-16(15,9-17)14(21)22/h2-5H,6-9H2,1H3,(H,19,20)(H,21,22)/t15-,16+. The van der Waals surface area contributed by atoms with Gasteiger partial charge in [0.25, 0.3) is 0 Å². The summed E-state index contributed by atoms with van der Waals surface area (Å²) in [6.45, 7) is 1.88. The Morgan fingerprint density at radius 3 is 2.14 bits per heavy atom. The van der Waals surface area contributed by atoms with Gasteiger partial charge in [0.05, 0.1) is 6.42 Å². The van der Waals surface area contributed by atoms with E-state index in [1.165, 1.54) is 4.90 Å². The van der Waals surface area contributed by atoms with E-state index in [0.717, 1.165) is 11.1 Å². The number of aliphatic carboxylic acids is 2. The Morgan fingerprint density at radius 1 is 1.09 bits per heavy atom. The van der Waals surface area contributed by atoms with Crippen molar-refractivity contribution < 1.29 is 24.6 Å². The van der Waals surface area contributed by atoms with Crippen LogP contribution in [-0.2, 0) is 20.8 Å². The number of rotatable bonds is 4. The second-order valence-electron chi connectivity index (χ2n) is 6.30. The van der Waals surface area contributed by atoms with Crippen LogP contribution in [0.5, 0.6) is 0 Å². The van der Waals surface area contributed by atoms with E-state index in [9.17, 15) is 24.6 Å². The zero-order valence-electron chi connectivity index (χ0n) is 12.2. The minimum Gasteiger partial charge on any atom is -0.481 e. The van der Waals surface area contributed by atoms with Crippen LogP contribution in [0.1, 0.15) is 17.5 Å². The molecule has 1 saturated heterocycles. The molecule has 1 aromatic rings. The normalized spacial score (nSPS) is 29.0. The predicted molar refractivity (Wildman–Crippen MR) is 76.2 cm³/mol. The van der Waals surface area contributed by atoms with Crippen molar-refractivity contribution in [2.75, 3.05) is 13.1 Å². The number of carbonyl (C=O) groups is 3. The molecular formula is C16H17NO5. The fraction of sp³-hybridized carbons (Fsp3) is 0.438. The van der Waals surface area contributed by atoms with Gasteiger partial charge in [-0.3, -0.25) is 14.4 Å². The number of aryl methyl sites for hydroxylation is 1. The fourth-order valence-electron chi connectivity index (χ4n) is 3.55. The van der Waals surface area contributed by atoms with Crippen molar-refractivity contribution in [1.29, 1.82) is 0 Å². The van der Waals surface area contributed by atoms with Crippen LogP contribution in [0.3, 0.4) is 0 Å². The molecule has 1 aromatic carbocycles. The van der Waals surface area contributed by atoms with E-state index in [1.807, 2.05) is 31.2 Å². The maximum Gasteiger partial charge on any atom is 0.312 e. The third-order valence-electron chi connectivity index (χ3n) is 5.09. The molecule has 0 aromatic heterocycles. The SMILES string of the molecule is Cc1ccccc1CC(=O)N1C[C@@]2(C(=O)O)C[C@@]2(C(=O)O)C1. The Morgan fingerprint density at radius 2 is 1.64 bits per heavy atom. The summed E-state index contributed by atoms with van der Waals surface area (Å²) in [5, 5.41) is 18.7. The van der Waals surface area contributed by atoms with E-state index in [-0.39, 0.29) is 31.8 Å². The van der Waals surface area contributed by atoms with Gasteiger partial charge in [-0.25, -0.2) is 0 Å². The summed E-state index contributed by atoms with van der Waals surface area (Å²) in [7, 11) is 0. The minimum absolute atomic E-state index is 0.0145. The van der Waals surface area contributed by atoms with Crippen molar-refractivity contribution in [3.05, 3.63) is 35.4 Å². The molecule has 2 aliphatic rings. The summed E-state index contributed by atoms with van der Waals surface area (Å²) in [5.41, 5.74) is -0.747. The average molecular weight is 303 g/mol. The zero-order chi connectivity index (χ0) is 16.1. The summed E-state index contributed by atoms with van der Waals surface area (Å²) >= 11 is 0. The molecule has 0 radical (unpaired) electrons. The molecule has 1 amide bonds. The van der Waals surface area contributed by atoms with Gasteiger partial charge >= 0.3 is 11.9 Å². The highest BCUT2D eigenvalue weighted by Crippen LogP contribution is 2.68. The molecule has 1 aliphatic carbocycles. The van der Waals surface area contributed by atoms with Crippen LogP contribution in [0.15, 0.2) is 24.3 Å². The van der Waals surface area contributed by atoms with Crippen LogP contribution in [0.4, 0.5) is 0 Å². The van der Waals surface area contributed by atoms with Crippen molar-refractivity contribution >= 4 is 17.8 Å². The molecule has 0 spiro atoms. The first-order valence-electron chi connectivity index (χ1n) is 7.11. The molecule has 0 unspecified atom stereocenters. The van der Waals surface area contributed by atoms with Crippen molar-refractivity contribution in [3.63, 3.8) is 0 Å². The number of benzene rings is 1. The van der Waals surface area contributed by atoms with E-state index in [0.29, 0.717) is 0 Å². The van der Waals surface area contributed by atoms with Gasteiger partial charge in [0, 0.05) is 13.1 Å². The van der Waals surface area contributed by atoms with E-state index >= 15 is 0 Å². The molecule has 116 valence electrons. The summed E-state index contributed by atoms with van der Waals surface area (Å²) < 4.78 is 0. The maximum absolute atomic E-state index is 12.4. The topological polar surface area (TPSA) is 94.9 Å². The average Bonchev–Trinajstić information content (AvgIpc) is 3.00. The first-order chi connectivity index (χ1) is 10.3. The highest BCUT2D eigenvalue weighted by molar-refractivity contribution is 5.96. The Labute approximate surface area is 127 Å². The number of piperidine rings is 1. The van der Waals surface area contributed by atoms with Crippen LogP contribution in [0.2, 0.25) is 0 Å². The van der Waals surface area contributed by atoms with E-state index in [4.69, 9.17) is 0 Å². The second-order valence-corrected chi connectivity index (χ2v) is 6.30. The summed E-state index contributed by atoms with van der Waals surface area (Å²) in [4.78, 5) is 36.7. The molecule has 2 fully saturated rings. The number of hydrogen-bond acceptors (Lipinski definition) is 3. The number of carboxylic acid groups (broad SMARTS) is 2. The minimum atomic E-state index is -1.31. The lowest BCUT2D eigenvalue weighted by molar-refractivity contribution is -0.151. The number of hydrogen-bond donors (Lipinski definition) is 2. The van der Waals surface area contributed by atoms with Crippen molar-refractivity contribution in [2.45, 2.75) is 19.8 Å². The number of likely N-dealkylation sites (tertiary alicyclic amines) is 1. The van der Waals surface area contributed by atoms with E-state index < -0.39 is 22.8 Å². The third-order valence-corrected chi connectivity index (χ3v) is 5.09. The number of carboxylic acids is 2. The summed E-state index contributed by atoms with van der Waals surface area (Å²) in [6, 6.07) is 7.48. The van der Waals surface area contributed by atoms with Crippen LogP contribution in [-0.4, -0.2) is 46.0 Å². The Kier molecular flexibility index (Phi) is 3.02. The van der Waals surface area contributed by atoms with Gasteiger partial charge in [-0.15, -0.1) is 0 Å². The maximum atomic E-state index is 12.4. The largest absolute Gasteiger partial charge is 0.481 e. The molecule has 6 nitrogen and oxygen atoms in total. The van der Waals surface area contributed by atoms with Crippen LogP contribution < -0.4 is 0 Å². The molecule has 6 heteroatoms. The summed E-state index contributed by atoms with van der Waals surface area (Å²) in [6.07, 6.45) is 0.275. The molecule has 1 heterocycles. The molecule has 0 bridgehead atoms. The lowest BCUT2D eigenvalue weighted by Crippen LogP contribution is -2.35. The lowest BCUT2D eigenvalue weighted by atomic mass is 9.97. The summed E-state index contributed by atoms with van der Waals surface area (Å²) in [5.74, 6) is -2.47. The van der Waals surface area contributed by atoms with Crippen molar-refractivity contribution in [2.24, 2.45) is 10.8 Å². The van der Waals surface area contributed by atoms with Gasteiger partial charge in [-0.05, 0) is 24.5 Å². The number of carbonyl (C=O) groups excluding carboxylic acids is 1. The van der Waals surface area contributed by atoms with Gasteiger partial charge in [-0.1, -0.05) is 24.3 Å². The Bertz CT molecular complexity index is 657. The number of fused-ring (bicyclic) bond motifs is 1. The monoisotopic (exact) mass is 303 g/mol. The Balaban J connectivity index is 1.78. The van der Waals surface area contributed by atoms with Crippen LogP contribution in [0, 0.1) is 17.8 Å². The third kappa shape index (κ3) is 1.83. The quantitative estimate of drug-likeness (QED) is 0.862. The highest BCUT2D eigenvalue weighted by atomic mass is 16.4. The number of amides is 1. The van der Waals surface area contributed by atoms with E-state index in [2.05, 4.69) is 0 Å². The zero-order valence-corrected chi connectivity index (χ0v) is 12.2. The van der Waals surface area contributed by atoms with Gasteiger partial charge in [0.1, 0.15) is 10.8 Å². The molecule has 1 aliphatic heterocycles. The molecule has 22 heavy (non-hydrogen) atoms. The lowest BCUT2D eigenvalue weighted by Gasteiger charge is -2.20. The van der Waals surface area contributed by atoms with Crippen molar-refractivity contribution in [3.8, 4) is 0 Å². The van der Waals surface area contributed by atoms with Gasteiger partial charge in [-0.2, -0.15) is 0 Å². The first-order valence-corrected chi connectivity index (χ1v) is 7.11. The molecular weight excluding hydrogens is 286 g/mol. The van der Waals surface area contributed by atoms with Gasteiger partial charge in [0.2, 0.25) is 5.91 Å². The molecule has 2 atom stereocenters. The molecule has 1 saturated carbocycles. The van der Waals surface area contributed by atoms with Gasteiger partial charge in [0.15, 0.2) is 0 Å². The predicted octanol–water partition coefficient (Wildman–Crippen LogP) is 0.925. The molecule has 3 rings (SSSR count). The second kappa shape index (κ2) is 4.56. The highest BCUT2D eigenvalue weighted by Gasteiger charge is 2.81. The number of nitrogens with zero attached hydrogens (tertiary/aromatic N) is 1. The van der Waals surface area contributed by atoms with Gasteiger partial charge < -0.3 is 15.1 Å². The Hall–Kier alpha value is -2.37. The van der Waals surface area contributed by atoms with Crippen LogP contribution in [0.25, 0.3) is 0 Å². The van der Waals surface area contributed by atoms with E-state index in [1.54, 1.807) is 0 Å². The first kappa shape index (κ1) is 14.6. The smallest absolute Gasteiger partial charge is 0.312 e. The van der Waals surface area contributed by atoms with Crippen LogP contribution >= 0.6 is 0 Å². The molecule has 2 N–H and O–H groups in total. The van der Waals surface area contributed by atoms with Crippen molar-refractivity contribution in [1.82, 2.24) is 4.90 Å².